The van der Waals surface area contributed by atoms with Gasteiger partial charge in [-0.15, -0.1) is 0 Å². The van der Waals surface area contributed by atoms with E-state index in [2.05, 4.69) is 13.8 Å². The minimum absolute atomic E-state index is 0.107. The van der Waals surface area contributed by atoms with Crippen LogP contribution in [0.1, 0.15) is 31.4 Å². The average molecular weight is 230 g/mol. The maximum atomic E-state index is 13.2. The van der Waals surface area contributed by atoms with Crippen LogP contribution in [0.25, 0.3) is 0 Å². The zero-order valence-electron chi connectivity index (χ0n) is 9.40. The Morgan fingerprint density at radius 3 is 2.53 bits per heavy atom. The molecular formula is C12H17ClFN. The van der Waals surface area contributed by atoms with Crippen LogP contribution in [0.15, 0.2) is 12.1 Å². The average Bonchev–Trinajstić information content (AvgIpc) is 2.11. The molecule has 15 heavy (non-hydrogen) atoms. The van der Waals surface area contributed by atoms with E-state index in [0.29, 0.717) is 17.1 Å². The third-order valence-corrected chi connectivity index (χ3v) is 3.06. The molecule has 0 aliphatic heterocycles. The summed E-state index contributed by atoms with van der Waals surface area (Å²) < 4.78 is 13.2. The highest BCUT2D eigenvalue weighted by Crippen LogP contribution is 2.33. The standard InChI is InChI=1S/C12H17ClFN/c1-8-6-9(10(13)7-11(8)14)12(2,3)4-5-15/h6-7H,4-5,15H2,1-3H3. The summed E-state index contributed by atoms with van der Waals surface area (Å²) in [6.07, 6.45) is 0.831. The van der Waals surface area contributed by atoms with Crippen LogP contribution in [0.2, 0.25) is 5.02 Å². The summed E-state index contributed by atoms with van der Waals surface area (Å²) in [7, 11) is 0. The van der Waals surface area contributed by atoms with E-state index in [9.17, 15) is 4.39 Å². The SMILES string of the molecule is Cc1cc(C(C)(C)CCN)c(Cl)cc1F. The Kier molecular flexibility index (Phi) is 3.74. The van der Waals surface area contributed by atoms with E-state index < -0.39 is 0 Å². The first-order valence-electron chi connectivity index (χ1n) is 5.04. The number of benzene rings is 1. The fourth-order valence-electron chi connectivity index (χ4n) is 1.67. The fourth-order valence-corrected chi connectivity index (χ4v) is 2.08. The Balaban J connectivity index is 3.19. The third-order valence-electron chi connectivity index (χ3n) is 2.75. The molecule has 0 aliphatic rings. The van der Waals surface area contributed by atoms with Crippen LogP contribution in [0.4, 0.5) is 4.39 Å². The highest BCUT2D eigenvalue weighted by atomic mass is 35.5. The van der Waals surface area contributed by atoms with Crippen LogP contribution in [-0.4, -0.2) is 6.54 Å². The van der Waals surface area contributed by atoms with E-state index >= 15 is 0 Å². The van der Waals surface area contributed by atoms with Gasteiger partial charge in [0.25, 0.3) is 0 Å². The lowest BCUT2D eigenvalue weighted by Crippen LogP contribution is -2.22. The Bertz CT molecular complexity index is 361. The molecule has 0 amide bonds. The van der Waals surface area contributed by atoms with Crippen LogP contribution in [0, 0.1) is 12.7 Å². The van der Waals surface area contributed by atoms with Gasteiger partial charge in [0.2, 0.25) is 0 Å². The molecule has 0 spiro atoms. The second kappa shape index (κ2) is 4.50. The van der Waals surface area contributed by atoms with E-state index in [1.54, 1.807) is 6.92 Å². The summed E-state index contributed by atoms with van der Waals surface area (Å²) >= 11 is 6.04. The third kappa shape index (κ3) is 2.70. The van der Waals surface area contributed by atoms with Crippen LogP contribution < -0.4 is 5.73 Å². The van der Waals surface area contributed by atoms with Gasteiger partial charge in [0.05, 0.1) is 0 Å². The van der Waals surface area contributed by atoms with Gasteiger partial charge in [0.15, 0.2) is 0 Å². The zero-order valence-corrected chi connectivity index (χ0v) is 10.2. The smallest absolute Gasteiger partial charge is 0.127 e. The minimum atomic E-state index is -0.257. The van der Waals surface area contributed by atoms with Gasteiger partial charge in [-0.1, -0.05) is 31.5 Å². The molecule has 0 saturated heterocycles. The Morgan fingerprint density at radius 2 is 2.00 bits per heavy atom. The van der Waals surface area contributed by atoms with E-state index in [-0.39, 0.29) is 11.2 Å². The molecular weight excluding hydrogens is 213 g/mol. The van der Waals surface area contributed by atoms with Crippen molar-refractivity contribution in [1.29, 1.82) is 0 Å². The molecule has 0 bridgehead atoms. The van der Waals surface area contributed by atoms with Gasteiger partial charge in [-0.05, 0) is 42.5 Å². The van der Waals surface area contributed by atoms with Crippen molar-refractivity contribution in [2.24, 2.45) is 5.73 Å². The van der Waals surface area contributed by atoms with E-state index in [0.717, 1.165) is 12.0 Å². The molecule has 0 radical (unpaired) electrons. The summed E-state index contributed by atoms with van der Waals surface area (Å²) in [4.78, 5) is 0. The van der Waals surface area contributed by atoms with Crippen LogP contribution in [0.5, 0.6) is 0 Å². The van der Waals surface area contributed by atoms with Gasteiger partial charge in [0, 0.05) is 5.02 Å². The van der Waals surface area contributed by atoms with Gasteiger partial charge in [-0.2, -0.15) is 0 Å². The molecule has 3 heteroatoms. The van der Waals surface area contributed by atoms with Crippen molar-refractivity contribution in [2.75, 3.05) is 6.54 Å². The topological polar surface area (TPSA) is 26.0 Å². The molecule has 0 unspecified atom stereocenters. The molecule has 0 heterocycles. The Morgan fingerprint density at radius 1 is 1.40 bits per heavy atom. The molecule has 1 aromatic rings. The summed E-state index contributed by atoms with van der Waals surface area (Å²) in [6.45, 7) is 6.48. The summed E-state index contributed by atoms with van der Waals surface area (Å²) in [5.41, 5.74) is 7.04. The van der Waals surface area contributed by atoms with Crippen LogP contribution in [-0.2, 0) is 5.41 Å². The summed E-state index contributed by atoms with van der Waals surface area (Å²) in [6, 6.07) is 3.19. The maximum absolute atomic E-state index is 13.2. The first kappa shape index (κ1) is 12.5. The van der Waals surface area contributed by atoms with Gasteiger partial charge < -0.3 is 5.73 Å². The van der Waals surface area contributed by atoms with Gasteiger partial charge in [-0.3, -0.25) is 0 Å². The predicted octanol–water partition coefficient (Wildman–Crippen LogP) is 3.41. The first-order valence-corrected chi connectivity index (χ1v) is 5.42. The number of hydrogen-bond donors (Lipinski definition) is 1. The van der Waals surface area contributed by atoms with Crippen molar-refractivity contribution in [2.45, 2.75) is 32.6 Å². The lowest BCUT2D eigenvalue weighted by Gasteiger charge is -2.26. The summed E-state index contributed by atoms with van der Waals surface area (Å²) in [5, 5.41) is 0.483. The second-order valence-electron chi connectivity index (χ2n) is 4.50. The van der Waals surface area contributed by atoms with Gasteiger partial charge in [0.1, 0.15) is 5.82 Å². The number of halogens is 2. The largest absolute Gasteiger partial charge is 0.330 e. The maximum Gasteiger partial charge on any atom is 0.127 e. The number of aryl methyl sites for hydroxylation is 1. The molecule has 2 N–H and O–H groups in total. The second-order valence-corrected chi connectivity index (χ2v) is 4.91. The predicted molar refractivity (Wildman–Crippen MR) is 62.8 cm³/mol. The monoisotopic (exact) mass is 229 g/mol. The lowest BCUT2D eigenvalue weighted by molar-refractivity contribution is 0.486. The number of nitrogens with two attached hydrogens (primary N) is 1. The van der Waals surface area contributed by atoms with Gasteiger partial charge in [-0.25, -0.2) is 4.39 Å². The Hall–Kier alpha value is -0.600. The highest BCUT2D eigenvalue weighted by Gasteiger charge is 2.23. The molecule has 0 atom stereocenters. The van der Waals surface area contributed by atoms with E-state index in [1.807, 2.05) is 6.07 Å². The van der Waals surface area contributed by atoms with Crippen molar-refractivity contribution in [1.82, 2.24) is 0 Å². The molecule has 1 nitrogen and oxygen atoms in total. The highest BCUT2D eigenvalue weighted by molar-refractivity contribution is 6.31. The van der Waals surface area contributed by atoms with Crippen molar-refractivity contribution in [3.05, 3.63) is 34.1 Å². The van der Waals surface area contributed by atoms with Crippen LogP contribution in [0.3, 0.4) is 0 Å². The molecule has 1 aromatic carbocycles. The van der Waals surface area contributed by atoms with Crippen molar-refractivity contribution < 1.29 is 4.39 Å². The van der Waals surface area contributed by atoms with Crippen molar-refractivity contribution in [3.63, 3.8) is 0 Å². The normalized spacial score (nSPS) is 11.9. The minimum Gasteiger partial charge on any atom is -0.330 e. The van der Waals surface area contributed by atoms with Crippen molar-refractivity contribution in [3.8, 4) is 0 Å². The van der Waals surface area contributed by atoms with E-state index in [4.69, 9.17) is 17.3 Å². The number of hydrogen-bond acceptors (Lipinski definition) is 1. The lowest BCUT2D eigenvalue weighted by atomic mass is 9.81. The molecule has 0 aromatic heterocycles. The molecule has 0 saturated carbocycles. The zero-order chi connectivity index (χ0) is 11.6. The Labute approximate surface area is 95.4 Å². The van der Waals surface area contributed by atoms with Gasteiger partial charge >= 0.3 is 0 Å². The van der Waals surface area contributed by atoms with Crippen LogP contribution >= 0.6 is 11.6 Å². The summed E-state index contributed by atoms with van der Waals surface area (Å²) in [5.74, 6) is -0.257. The van der Waals surface area contributed by atoms with Crippen molar-refractivity contribution >= 4 is 11.6 Å². The van der Waals surface area contributed by atoms with E-state index in [1.165, 1.54) is 6.07 Å². The quantitative estimate of drug-likeness (QED) is 0.845. The first-order chi connectivity index (χ1) is 6.88. The molecule has 0 aliphatic carbocycles. The fraction of sp³-hybridized carbons (Fsp3) is 0.500. The molecule has 1 rings (SSSR count). The number of rotatable bonds is 3. The molecule has 0 fully saturated rings. The molecule has 84 valence electrons.